The molecule has 0 saturated heterocycles. The predicted octanol–water partition coefficient (Wildman–Crippen LogP) is 6.81. The molecule has 2 fully saturated rings. The first-order valence-corrected chi connectivity index (χ1v) is 12.6. The number of phenolic OH excluding ortho intramolecular Hbond substituents is 1. The van der Waals surface area contributed by atoms with Gasteiger partial charge in [-0.05, 0) is 103 Å². The van der Waals surface area contributed by atoms with Crippen LogP contribution in [0.3, 0.4) is 0 Å². The second-order valence-corrected chi connectivity index (χ2v) is 11.4. The molecule has 0 aliphatic heterocycles. The van der Waals surface area contributed by atoms with Crippen molar-refractivity contribution in [3.63, 3.8) is 0 Å². The molecule has 6 atom stereocenters. The Kier molecular flexibility index (Phi) is 6.77. The normalized spacial score (nSPS) is 34.6. The molecule has 3 aliphatic carbocycles. The zero-order valence-electron chi connectivity index (χ0n) is 20.3. The molecule has 0 amide bonds. The van der Waals surface area contributed by atoms with Gasteiger partial charge in [-0.1, -0.05) is 25.5 Å². The highest BCUT2D eigenvalue weighted by atomic mass is 19.4. The first-order valence-electron chi connectivity index (χ1n) is 12.6. The highest BCUT2D eigenvalue weighted by molar-refractivity contribution is 5.43. The van der Waals surface area contributed by atoms with Crippen LogP contribution in [0.4, 0.5) is 26.3 Å². The number of rotatable bonds is 6. The highest BCUT2D eigenvalue weighted by Gasteiger charge is 2.69. The molecule has 0 spiro atoms. The first kappa shape index (κ1) is 27.3. The smallest absolute Gasteiger partial charge is 0.426 e. The van der Waals surface area contributed by atoms with Crippen LogP contribution >= 0.6 is 0 Å². The molecule has 1 aromatic rings. The Morgan fingerprint density at radius 3 is 2.36 bits per heavy atom. The minimum absolute atomic E-state index is 0.0631. The lowest BCUT2D eigenvalue weighted by Gasteiger charge is -2.60. The fourth-order valence-electron chi connectivity index (χ4n) is 7.92. The van der Waals surface area contributed by atoms with Gasteiger partial charge in [-0.3, -0.25) is 0 Å². The highest BCUT2D eigenvalue weighted by Crippen LogP contribution is 2.69. The predicted molar refractivity (Wildman–Crippen MR) is 122 cm³/mol. The number of fused-ring (bicyclic) bond motifs is 5. The zero-order valence-corrected chi connectivity index (χ0v) is 20.3. The second-order valence-electron chi connectivity index (χ2n) is 11.4. The van der Waals surface area contributed by atoms with E-state index in [4.69, 9.17) is 0 Å². The number of phenols is 1. The van der Waals surface area contributed by atoms with Crippen molar-refractivity contribution in [2.45, 2.75) is 94.7 Å². The third-order valence-electron chi connectivity index (χ3n) is 9.66. The number of aliphatic hydroxyl groups is 2. The first-order chi connectivity index (χ1) is 16.6. The lowest BCUT2D eigenvalue weighted by atomic mass is 9.44. The van der Waals surface area contributed by atoms with Gasteiger partial charge in [-0.15, -0.1) is 6.58 Å². The van der Waals surface area contributed by atoms with E-state index in [0.29, 0.717) is 25.7 Å². The summed E-state index contributed by atoms with van der Waals surface area (Å²) in [5.74, 6) is 0.130. The third-order valence-corrected chi connectivity index (χ3v) is 9.66. The van der Waals surface area contributed by atoms with Gasteiger partial charge in [-0.25, -0.2) is 0 Å². The van der Waals surface area contributed by atoms with Gasteiger partial charge in [0.25, 0.3) is 5.60 Å². The number of aliphatic hydroxyl groups excluding tert-OH is 1. The fraction of sp³-hybridized carbons (Fsp3) is 0.704. The van der Waals surface area contributed by atoms with Crippen LogP contribution in [0.2, 0.25) is 0 Å². The van der Waals surface area contributed by atoms with E-state index in [1.807, 2.05) is 19.1 Å². The molecule has 0 bridgehead atoms. The van der Waals surface area contributed by atoms with E-state index >= 15 is 0 Å². The molecule has 0 heterocycles. The maximum Gasteiger partial charge on any atom is 0.426 e. The number of aromatic hydroxyl groups is 1. The van der Waals surface area contributed by atoms with Crippen molar-refractivity contribution in [1.29, 1.82) is 0 Å². The second kappa shape index (κ2) is 8.93. The standard InChI is InChI=1S/C27H34F6O3/c1-3-24-13-11-16-14-18(34)7-8-19(16)22(24)17(15-23(2)20(24)9-10-21(23)35)6-4-5-12-25(36,26(28,29)30)27(31,32)33/h3,7-8,14,17,20-22,34-36H,1,4-6,9-13,15H2,2H3/t17-,20+,21-,22+,23-,24?/m0/s1. The maximum absolute atomic E-state index is 13.1. The van der Waals surface area contributed by atoms with Crippen molar-refractivity contribution in [1.82, 2.24) is 0 Å². The monoisotopic (exact) mass is 520 g/mol. The average Bonchev–Trinajstić information content (AvgIpc) is 3.08. The molecule has 3 aliphatic rings. The van der Waals surface area contributed by atoms with Crippen molar-refractivity contribution in [2.75, 3.05) is 0 Å². The van der Waals surface area contributed by atoms with E-state index in [2.05, 4.69) is 6.58 Å². The Hall–Kier alpha value is -1.74. The van der Waals surface area contributed by atoms with Crippen LogP contribution in [0.1, 0.15) is 75.3 Å². The lowest BCUT2D eigenvalue weighted by molar-refractivity contribution is -0.370. The van der Waals surface area contributed by atoms with Crippen LogP contribution in [0.15, 0.2) is 30.9 Å². The van der Waals surface area contributed by atoms with Gasteiger partial charge < -0.3 is 15.3 Å². The summed E-state index contributed by atoms with van der Waals surface area (Å²) in [6.07, 6.45) is -8.11. The van der Waals surface area contributed by atoms with Gasteiger partial charge in [0, 0.05) is 0 Å². The molecule has 3 nitrogen and oxygen atoms in total. The summed E-state index contributed by atoms with van der Waals surface area (Å²) in [4.78, 5) is 0. The van der Waals surface area contributed by atoms with E-state index in [9.17, 15) is 41.7 Å². The summed E-state index contributed by atoms with van der Waals surface area (Å²) >= 11 is 0. The Labute approximate surface area is 207 Å². The van der Waals surface area contributed by atoms with Gasteiger partial charge in [0.15, 0.2) is 0 Å². The SMILES string of the molecule is C=CC12CCc3cc(O)ccc3[C@H]1[C@@H](CCCCC(O)(C(F)(F)F)C(F)(F)F)C[C@]1(C)[C@@H](O)CC[C@@H]21. The summed E-state index contributed by atoms with van der Waals surface area (Å²) in [7, 11) is 0. The number of halogens is 6. The Morgan fingerprint density at radius 1 is 1.08 bits per heavy atom. The molecule has 202 valence electrons. The summed E-state index contributed by atoms with van der Waals surface area (Å²) in [6.45, 7) is 6.21. The number of aryl methyl sites for hydroxylation is 1. The molecule has 0 aromatic heterocycles. The Bertz CT molecular complexity index is 975. The molecule has 1 aromatic carbocycles. The molecule has 3 N–H and O–H groups in total. The molecule has 9 heteroatoms. The summed E-state index contributed by atoms with van der Waals surface area (Å²) in [6, 6.07) is 5.21. The van der Waals surface area contributed by atoms with Crippen LogP contribution in [-0.4, -0.2) is 39.4 Å². The van der Waals surface area contributed by atoms with Crippen LogP contribution in [0, 0.1) is 22.7 Å². The summed E-state index contributed by atoms with van der Waals surface area (Å²) < 4.78 is 78.7. The van der Waals surface area contributed by atoms with Gasteiger partial charge in [0.05, 0.1) is 6.10 Å². The van der Waals surface area contributed by atoms with Crippen molar-refractivity contribution in [3.05, 3.63) is 42.0 Å². The molecule has 36 heavy (non-hydrogen) atoms. The third kappa shape index (κ3) is 4.05. The lowest BCUT2D eigenvalue weighted by Crippen LogP contribution is -2.56. The van der Waals surface area contributed by atoms with E-state index in [0.717, 1.165) is 24.0 Å². The van der Waals surface area contributed by atoms with E-state index in [-0.39, 0.29) is 35.3 Å². The molecule has 2 saturated carbocycles. The van der Waals surface area contributed by atoms with Gasteiger partial charge in [-0.2, -0.15) is 26.3 Å². The number of allylic oxidation sites excluding steroid dienone is 1. The fourth-order valence-corrected chi connectivity index (χ4v) is 7.92. The molecule has 4 rings (SSSR count). The largest absolute Gasteiger partial charge is 0.508 e. The molecule has 1 unspecified atom stereocenters. The van der Waals surface area contributed by atoms with Gasteiger partial charge >= 0.3 is 12.4 Å². The zero-order chi connectivity index (χ0) is 26.7. The minimum atomic E-state index is -5.81. The maximum atomic E-state index is 13.1. The van der Waals surface area contributed by atoms with E-state index in [1.54, 1.807) is 12.1 Å². The quantitative estimate of drug-likeness (QED) is 0.220. The van der Waals surface area contributed by atoms with E-state index in [1.165, 1.54) is 0 Å². The number of unbranched alkanes of at least 4 members (excludes halogenated alkanes) is 1. The molecular formula is C27H34F6O3. The number of benzene rings is 1. The molecular weight excluding hydrogens is 486 g/mol. The van der Waals surface area contributed by atoms with E-state index < -0.39 is 42.3 Å². The van der Waals surface area contributed by atoms with Crippen molar-refractivity contribution < 1.29 is 41.7 Å². The van der Waals surface area contributed by atoms with Crippen LogP contribution in [0.25, 0.3) is 0 Å². The number of alkyl halides is 6. The average molecular weight is 521 g/mol. The molecule has 0 radical (unpaired) electrons. The summed E-state index contributed by atoms with van der Waals surface area (Å²) in [5.41, 5.74) is -3.49. The van der Waals surface area contributed by atoms with Crippen molar-refractivity contribution in [3.8, 4) is 5.75 Å². The van der Waals surface area contributed by atoms with Crippen LogP contribution < -0.4 is 0 Å². The minimum Gasteiger partial charge on any atom is -0.508 e. The van der Waals surface area contributed by atoms with Crippen LogP contribution in [-0.2, 0) is 6.42 Å². The topological polar surface area (TPSA) is 60.7 Å². The van der Waals surface area contributed by atoms with Crippen molar-refractivity contribution >= 4 is 0 Å². The van der Waals surface area contributed by atoms with Crippen LogP contribution in [0.5, 0.6) is 5.75 Å². The Balaban J connectivity index is 1.63. The Morgan fingerprint density at radius 2 is 1.75 bits per heavy atom. The van der Waals surface area contributed by atoms with Crippen molar-refractivity contribution in [2.24, 2.45) is 22.7 Å². The number of hydrogen-bond donors (Lipinski definition) is 3. The van der Waals surface area contributed by atoms with Gasteiger partial charge in [0.2, 0.25) is 0 Å². The summed E-state index contributed by atoms with van der Waals surface area (Å²) in [5, 5.41) is 30.5. The van der Waals surface area contributed by atoms with Gasteiger partial charge in [0.1, 0.15) is 5.75 Å². The number of hydrogen-bond acceptors (Lipinski definition) is 3.